The van der Waals surface area contributed by atoms with Crippen molar-refractivity contribution in [1.82, 2.24) is 24.1 Å². The van der Waals surface area contributed by atoms with Crippen molar-refractivity contribution in [3.05, 3.63) is 57.4 Å². The van der Waals surface area contributed by atoms with E-state index in [1.54, 1.807) is 30.5 Å². The molecule has 0 saturated heterocycles. The third-order valence-electron chi connectivity index (χ3n) is 3.68. The molecule has 0 radical (unpaired) electrons. The van der Waals surface area contributed by atoms with Crippen LogP contribution in [-0.4, -0.2) is 30.8 Å². The second-order valence-electron chi connectivity index (χ2n) is 5.44. The second kappa shape index (κ2) is 7.05. The molecule has 0 saturated carbocycles. The predicted molar refractivity (Wildman–Crippen MR) is 94.6 cm³/mol. The smallest absolute Gasteiger partial charge is 0.332 e. The summed E-state index contributed by atoms with van der Waals surface area (Å²) in [4.78, 5) is 40.2. The maximum absolute atomic E-state index is 12.3. The lowest BCUT2D eigenvalue weighted by Crippen LogP contribution is -2.38. The number of imidazole rings is 1. The number of hydrogen-bond acceptors (Lipinski definition) is 6. The van der Waals surface area contributed by atoms with E-state index in [1.165, 1.54) is 35.8 Å². The van der Waals surface area contributed by atoms with E-state index in [1.807, 2.05) is 0 Å². The summed E-state index contributed by atoms with van der Waals surface area (Å²) in [6.45, 7) is -0.164. The van der Waals surface area contributed by atoms with E-state index in [-0.39, 0.29) is 17.7 Å². The van der Waals surface area contributed by atoms with Crippen LogP contribution in [0, 0.1) is 0 Å². The van der Waals surface area contributed by atoms with Crippen LogP contribution in [0.4, 0.5) is 0 Å². The van der Waals surface area contributed by atoms with Crippen LogP contribution < -0.4 is 16.7 Å². The quantitative estimate of drug-likeness (QED) is 0.504. The Hall–Kier alpha value is -3.69. The predicted octanol–water partition coefficient (Wildman–Crippen LogP) is -0.158. The third kappa shape index (κ3) is 3.24. The van der Waals surface area contributed by atoms with E-state index in [0.717, 1.165) is 4.57 Å². The summed E-state index contributed by atoms with van der Waals surface area (Å²) in [7, 11) is 2.88. The molecule has 134 valence electrons. The Morgan fingerprint density at radius 2 is 2.15 bits per heavy atom. The summed E-state index contributed by atoms with van der Waals surface area (Å²) in [5.41, 5.74) is 1.74. The van der Waals surface area contributed by atoms with E-state index in [0.29, 0.717) is 5.76 Å². The summed E-state index contributed by atoms with van der Waals surface area (Å²) in [5.74, 6) is 0.219. The van der Waals surface area contributed by atoms with Crippen molar-refractivity contribution in [3.8, 4) is 0 Å². The Morgan fingerprint density at radius 1 is 1.35 bits per heavy atom. The van der Waals surface area contributed by atoms with Gasteiger partial charge >= 0.3 is 5.69 Å². The zero-order valence-electron chi connectivity index (χ0n) is 14.1. The molecular weight excluding hydrogens is 340 g/mol. The normalized spacial score (nSPS) is 11.8. The summed E-state index contributed by atoms with van der Waals surface area (Å²) in [6, 6.07) is 3.54. The topological polar surface area (TPSA) is 116 Å². The van der Waals surface area contributed by atoms with Crippen LogP contribution in [-0.2, 0) is 25.4 Å². The van der Waals surface area contributed by atoms with Gasteiger partial charge in [0.05, 0.1) is 12.6 Å². The van der Waals surface area contributed by atoms with E-state index >= 15 is 0 Å². The monoisotopic (exact) mass is 356 g/mol. The van der Waals surface area contributed by atoms with Gasteiger partial charge in [0.15, 0.2) is 11.2 Å². The minimum Gasteiger partial charge on any atom is -0.465 e. The molecule has 10 heteroatoms. The minimum atomic E-state index is -0.515. The number of allylic oxidation sites excluding steroid dienone is 1. The van der Waals surface area contributed by atoms with Gasteiger partial charge in [0.1, 0.15) is 12.3 Å². The van der Waals surface area contributed by atoms with E-state index < -0.39 is 17.2 Å². The molecule has 3 heterocycles. The Bertz CT molecular complexity index is 1110. The fraction of sp³-hybridized carbons (Fsp3) is 0.188. The molecule has 0 fully saturated rings. The van der Waals surface area contributed by atoms with Crippen molar-refractivity contribution < 1.29 is 9.21 Å². The van der Waals surface area contributed by atoms with E-state index in [2.05, 4.69) is 15.5 Å². The number of carbonyl (C=O) groups is 1. The van der Waals surface area contributed by atoms with Gasteiger partial charge in [-0.05, 0) is 24.3 Å². The van der Waals surface area contributed by atoms with E-state index in [9.17, 15) is 14.4 Å². The number of nitrogens with zero attached hydrogens (tertiary/aromatic N) is 5. The van der Waals surface area contributed by atoms with Gasteiger partial charge in [0.25, 0.3) is 11.5 Å². The molecule has 0 aliphatic rings. The summed E-state index contributed by atoms with van der Waals surface area (Å²) >= 11 is 0. The minimum absolute atomic E-state index is 0.164. The molecule has 0 unspecified atom stereocenters. The van der Waals surface area contributed by atoms with Crippen LogP contribution in [0.15, 0.2) is 49.9 Å². The number of nitrogens with one attached hydrogen (secondary N) is 1. The Labute approximate surface area is 146 Å². The van der Waals surface area contributed by atoms with Crippen LogP contribution in [0.2, 0.25) is 0 Å². The third-order valence-corrected chi connectivity index (χ3v) is 3.68. The number of hydrazone groups is 1. The summed E-state index contributed by atoms with van der Waals surface area (Å²) in [5, 5.41) is 3.78. The van der Waals surface area contributed by atoms with Gasteiger partial charge in [-0.25, -0.2) is 15.2 Å². The molecule has 10 nitrogen and oxygen atoms in total. The van der Waals surface area contributed by atoms with Gasteiger partial charge in [-0.2, -0.15) is 5.10 Å². The van der Waals surface area contributed by atoms with Gasteiger partial charge < -0.3 is 8.98 Å². The van der Waals surface area contributed by atoms with Gasteiger partial charge in [-0.1, -0.05) is 0 Å². The number of hydrogen-bond donors (Lipinski definition) is 1. The van der Waals surface area contributed by atoms with Crippen LogP contribution >= 0.6 is 0 Å². The molecule has 0 atom stereocenters. The number of carbonyl (C=O) groups excluding carboxylic acids is 1. The lowest BCUT2D eigenvalue weighted by atomic mass is 10.4. The number of furan rings is 1. The first-order valence-corrected chi connectivity index (χ1v) is 7.62. The second-order valence-corrected chi connectivity index (χ2v) is 5.44. The number of rotatable bonds is 5. The van der Waals surface area contributed by atoms with Crippen molar-refractivity contribution in [2.24, 2.45) is 19.2 Å². The fourth-order valence-electron chi connectivity index (χ4n) is 2.38. The number of amides is 1. The Kier molecular flexibility index (Phi) is 4.65. The van der Waals surface area contributed by atoms with Gasteiger partial charge in [-0.3, -0.25) is 18.7 Å². The van der Waals surface area contributed by atoms with Gasteiger partial charge in [0.2, 0.25) is 0 Å². The van der Waals surface area contributed by atoms with Crippen molar-refractivity contribution in [1.29, 1.82) is 0 Å². The van der Waals surface area contributed by atoms with E-state index in [4.69, 9.17) is 4.42 Å². The Morgan fingerprint density at radius 3 is 2.88 bits per heavy atom. The zero-order valence-corrected chi connectivity index (χ0v) is 14.1. The zero-order chi connectivity index (χ0) is 18.7. The highest BCUT2D eigenvalue weighted by Crippen LogP contribution is 2.05. The Balaban J connectivity index is 1.72. The molecule has 0 spiro atoms. The molecule has 0 aromatic carbocycles. The molecule has 26 heavy (non-hydrogen) atoms. The average Bonchev–Trinajstić information content (AvgIpc) is 3.28. The number of aromatic nitrogens is 4. The van der Waals surface area contributed by atoms with Crippen LogP contribution in [0.25, 0.3) is 17.2 Å². The van der Waals surface area contributed by atoms with Crippen LogP contribution in [0.5, 0.6) is 0 Å². The number of fused-ring (bicyclic) bond motifs is 1. The summed E-state index contributed by atoms with van der Waals surface area (Å²) < 4.78 is 8.71. The standard InChI is InChI=1S/C16H16N6O4/c1-20-14-13(15(24)21(2)16(20)25)22(10-17-14)9-12(23)19-18-7-3-5-11-6-4-8-26-11/h3-8,10H,9H2,1-2H3,(H,19,23)/b5-3+,18-7+. The highest BCUT2D eigenvalue weighted by Gasteiger charge is 2.15. The lowest BCUT2D eigenvalue weighted by molar-refractivity contribution is -0.121. The molecule has 1 N–H and O–H groups in total. The first kappa shape index (κ1) is 17.1. The maximum Gasteiger partial charge on any atom is 0.332 e. The van der Waals surface area contributed by atoms with Crippen molar-refractivity contribution in [2.45, 2.75) is 6.54 Å². The molecule has 3 rings (SSSR count). The molecule has 1 amide bonds. The van der Waals surface area contributed by atoms with Gasteiger partial charge in [0, 0.05) is 20.3 Å². The SMILES string of the molecule is Cn1c(=O)c2c(ncn2CC(=O)N/N=C/C=C/c2ccco2)n(C)c1=O. The lowest BCUT2D eigenvalue weighted by Gasteiger charge is -2.05. The average molecular weight is 356 g/mol. The highest BCUT2D eigenvalue weighted by molar-refractivity contribution is 5.82. The molecule has 0 aliphatic carbocycles. The number of aryl methyl sites for hydroxylation is 1. The maximum atomic E-state index is 12.3. The largest absolute Gasteiger partial charge is 0.465 e. The first-order valence-electron chi connectivity index (χ1n) is 7.62. The molecule has 0 bridgehead atoms. The van der Waals surface area contributed by atoms with Crippen LogP contribution in [0.1, 0.15) is 5.76 Å². The molecular formula is C16H16N6O4. The summed E-state index contributed by atoms with van der Waals surface area (Å²) in [6.07, 6.45) is 7.58. The van der Waals surface area contributed by atoms with Gasteiger partial charge in [-0.15, -0.1) is 0 Å². The van der Waals surface area contributed by atoms with Crippen molar-refractivity contribution >= 4 is 29.4 Å². The fourth-order valence-corrected chi connectivity index (χ4v) is 2.38. The highest BCUT2D eigenvalue weighted by atomic mass is 16.3. The van der Waals surface area contributed by atoms with Crippen LogP contribution in [0.3, 0.4) is 0 Å². The molecule has 0 aliphatic heterocycles. The molecule has 3 aromatic rings. The molecule has 3 aromatic heterocycles. The van der Waals surface area contributed by atoms with Crippen molar-refractivity contribution in [3.63, 3.8) is 0 Å². The van der Waals surface area contributed by atoms with Crippen molar-refractivity contribution in [2.75, 3.05) is 0 Å². The first-order chi connectivity index (χ1) is 12.5.